The maximum atomic E-state index is 6.10. The van der Waals surface area contributed by atoms with Gasteiger partial charge in [-0.05, 0) is 38.4 Å². The Morgan fingerprint density at radius 2 is 1.94 bits per heavy atom. The molecular weight excluding hydrogens is 198 g/mol. The zero-order valence-corrected chi connectivity index (χ0v) is 10.6. The molecule has 88 valence electrons. The summed E-state index contributed by atoms with van der Waals surface area (Å²) in [5.41, 5.74) is 3.94. The molecule has 1 aromatic carbocycles. The molecule has 2 nitrogen and oxygen atoms in total. The molecule has 0 saturated heterocycles. The van der Waals surface area contributed by atoms with E-state index >= 15 is 0 Å². The lowest BCUT2D eigenvalue weighted by Crippen LogP contribution is -2.28. The van der Waals surface area contributed by atoms with Crippen LogP contribution in [-0.4, -0.2) is 13.2 Å². The number of nitrogens with one attached hydrogen (secondary N) is 1. The van der Waals surface area contributed by atoms with Crippen molar-refractivity contribution in [1.29, 1.82) is 0 Å². The second-order valence-corrected chi connectivity index (χ2v) is 4.65. The van der Waals surface area contributed by atoms with E-state index in [1.54, 1.807) is 0 Å². The van der Waals surface area contributed by atoms with Crippen molar-refractivity contribution in [3.05, 3.63) is 28.8 Å². The first-order chi connectivity index (χ1) is 7.69. The first-order valence-electron chi connectivity index (χ1n) is 6.13. The van der Waals surface area contributed by atoms with Gasteiger partial charge in [0.2, 0.25) is 0 Å². The van der Waals surface area contributed by atoms with Gasteiger partial charge in [0.1, 0.15) is 11.9 Å². The molecule has 1 heterocycles. The highest BCUT2D eigenvalue weighted by atomic mass is 16.5. The lowest BCUT2D eigenvalue weighted by Gasteiger charge is -2.18. The van der Waals surface area contributed by atoms with Gasteiger partial charge < -0.3 is 10.1 Å². The molecule has 1 aromatic rings. The number of rotatable bonds is 3. The molecule has 16 heavy (non-hydrogen) atoms. The summed E-state index contributed by atoms with van der Waals surface area (Å²) in [5.74, 6) is 1.11. The molecule has 2 unspecified atom stereocenters. The molecule has 1 aliphatic rings. The average molecular weight is 219 g/mol. The minimum atomic E-state index is 0.296. The summed E-state index contributed by atoms with van der Waals surface area (Å²) in [6.07, 6.45) is 2.57. The summed E-state index contributed by atoms with van der Waals surface area (Å²) in [7, 11) is 2.02. The highest BCUT2D eigenvalue weighted by Gasteiger charge is 2.34. The molecule has 0 fully saturated rings. The van der Waals surface area contributed by atoms with E-state index in [2.05, 4.69) is 38.2 Å². The molecule has 1 aliphatic heterocycles. The van der Waals surface area contributed by atoms with Crippen molar-refractivity contribution in [3.8, 4) is 5.75 Å². The standard InChI is InChI=1S/C14H21NO/c1-5-6-11-13(15-4)12-9(2)7-8-10(3)14(12)16-11/h7-8,11,13,15H,5-6H2,1-4H3. The van der Waals surface area contributed by atoms with Gasteiger partial charge in [-0.3, -0.25) is 0 Å². The van der Waals surface area contributed by atoms with Crippen LogP contribution in [0.5, 0.6) is 5.75 Å². The molecule has 0 amide bonds. The van der Waals surface area contributed by atoms with E-state index in [1.165, 1.54) is 16.7 Å². The molecule has 2 heteroatoms. The molecule has 2 atom stereocenters. The van der Waals surface area contributed by atoms with Crippen molar-refractivity contribution in [2.75, 3.05) is 7.05 Å². The Hall–Kier alpha value is -1.02. The van der Waals surface area contributed by atoms with Crippen LogP contribution in [0.2, 0.25) is 0 Å². The molecule has 2 rings (SSSR count). The van der Waals surface area contributed by atoms with Crippen molar-refractivity contribution in [2.24, 2.45) is 0 Å². The molecular formula is C14H21NO. The fourth-order valence-electron chi connectivity index (χ4n) is 2.60. The SMILES string of the molecule is CCCC1Oc2c(C)ccc(C)c2C1NC. The normalized spacial score (nSPS) is 23.0. The van der Waals surface area contributed by atoms with Gasteiger partial charge in [0, 0.05) is 5.56 Å². The van der Waals surface area contributed by atoms with E-state index in [0.717, 1.165) is 18.6 Å². The molecule has 0 spiro atoms. The van der Waals surface area contributed by atoms with Gasteiger partial charge in [-0.25, -0.2) is 0 Å². The third-order valence-corrected chi connectivity index (χ3v) is 3.45. The first-order valence-corrected chi connectivity index (χ1v) is 6.13. The first kappa shape index (κ1) is 11.5. The molecule has 0 aliphatic carbocycles. The van der Waals surface area contributed by atoms with Gasteiger partial charge in [0.15, 0.2) is 0 Å². The number of benzene rings is 1. The van der Waals surface area contributed by atoms with E-state index in [-0.39, 0.29) is 0 Å². The quantitative estimate of drug-likeness (QED) is 0.843. The Kier molecular flexibility index (Phi) is 3.20. The highest BCUT2D eigenvalue weighted by Crippen LogP contribution is 2.42. The Morgan fingerprint density at radius 3 is 2.56 bits per heavy atom. The summed E-state index contributed by atoms with van der Waals surface area (Å²) < 4.78 is 6.10. The monoisotopic (exact) mass is 219 g/mol. The second-order valence-electron chi connectivity index (χ2n) is 4.65. The molecule has 0 aromatic heterocycles. The number of hydrogen-bond acceptors (Lipinski definition) is 2. The second kappa shape index (κ2) is 4.46. The van der Waals surface area contributed by atoms with Crippen molar-refractivity contribution < 1.29 is 4.74 Å². The van der Waals surface area contributed by atoms with Gasteiger partial charge in [0.05, 0.1) is 6.04 Å². The summed E-state index contributed by atoms with van der Waals surface area (Å²) >= 11 is 0. The number of fused-ring (bicyclic) bond motifs is 1. The predicted molar refractivity (Wildman–Crippen MR) is 67.0 cm³/mol. The van der Waals surface area contributed by atoms with Gasteiger partial charge in [0.25, 0.3) is 0 Å². The van der Waals surface area contributed by atoms with Crippen LogP contribution in [0, 0.1) is 13.8 Å². The van der Waals surface area contributed by atoms with Crippen LogP contribution in [-0.2, 0) is 0 Å². The van der Waals surface area contributed by atoms with Gasteiger partial charge in [-0.2, -0.15) is 0 Å². The zero-order chi connectivity index (χ0) is 11.7. The highest BCUT2D eigenvalue weighted by molar-refractivity contribution is 5.50. The molecule has 0 radical (unpaired) electrons. The Bertz CT molecular complexity index is 387. The molecule has 1 N–H and O–H groups in total. The Labute approximate surface area is 98.0 Å². The van der Waals surface area contributed by atoms with Crippen LogP contribution in [0.3, 0.4) is 0 Å². The summed E-state index contributed by atoms with van der Waals surface area (Å²) in [6.45, 7) is 6.50. The largest absolute Gasteiger partial charge is 0.488 e. The van der Waals surface area contributed by atoms with Crippen LogP contribution in [0.15, 0.2) is 12.1 Å². The molecule has 0 saturated carbocycles. The number of hydrogen-bond donors (Lipinski definition) is 1. The minimum absolute atomic E-state index is 0.296. The minimum Gasteiger partial charge on any atom is -0.488 e. The summed E-state index contributed by atoms with van der Waals surface area (Å²) in [5, 5.41) is 3.40. The average Bonchev–Trinajstić information content (AvgIpc) is 2.64. The number of ether oxygens (including phenoxy) is 1. The number of aryl methyl sites for hydroxylation is 2. The lowest BCUT2D eigenvalue weighted by atomic mass is 9.95. The van der Waals surface area contributed by atoms with E-state index in [4.69, 9.17) is 4.74 Å². The van der Waals surface area contributed by atoms with Crippen LogP contribution in [0.25, 0.3) is 0 Å². The smallest absolute Gasteiger partial charge is 0.127 e. The lowest BCUT2D eigenvalue weighted by molar-refractivity contribution is 0.181. The van der Waals surface area contributed by atoms with Crippen LogP contribution >= 0.6 is 0 Å². The predicted octanol–water partition coefficient (Wildman–Crippen LogP) is 3.13. The Balaban J connectivity index is 2.42. The summed E-state index contributed by atoms with van der Waals surface area (Å²) in [4.78, 5) is 0. The maximum Gasteiger partial charge on any atom is 0.127 e. The van der Waals surface area contributed by atoms with Crippen molar-refractivity contribution in [2.45, 2.75) is 45.8 Å². The van der Waals surface area contributed by atoms with Crippen molar-refractivity contribution in [1.82, 2.24) is 5.32 Å². The topological polar surface area (TPSA) is 21.3 Å². The van der Waals surface area contributed by atoms with Gasteiger partial charge >= 0.3 is 0 Å². The fourth-order valence-corrected chi connectivity index (χ4v) is 2.60. The Morgan fingerprint density at radius 1 is 1.25 bits per heavy atom. The van der Waals surface area contributed by atoms with Crippen molar-refractivity contribution in [3.63, 3.8) is 0 Å². The van der Waals surface area contributed by atoms with Crippen LogP contribution in [0.4, 0.5) is 0 Å². The van der Waals surface area contributed by atoms with E-state index in [9.17, 15) is 0 Å². The summed E-state index contributed by atoms with van der Waals surface area (Å²) in [6, 6.07) is 4.70. The van der Waals surface area contributed by atoms with Crippen LogP contribution < -0.4 is 10.1 Å². The van der Waals surface area contributed by atoms with Crippen LogP contribution in [0.1, 0.15) is 42.5 Å². The van der Waals surface area contributed by atoms with Gasteiger partial charge in [-0.1, -0.05) is 25.5 Å². The third-order valence-electron chi connectivity index (χ3n) is 3.45. The van der Waals surface area contributed by atoms with Gasteiger partial charge in [-0.15, -0.1) is 0 Å². The van der Waals surface area contributed by atoms with E-state index in [1.807, 2.05) is 7.05 Å². The maximum absolute atomic E-state index is 6.10. The number of likely N-dealkylation sites (N-methyl/N-ethyl adjacent to an activating group) is 1. The third kappa shape index (κ3) is 1.71. The zero-order valence-electron chi connectivity index (χ0n) is 10.6. The van der Waals surface area contributed by atoms with E-state index < -0.39 is 0 Å². The van der Waals surface area contributed by atoms with Crippen molar-refractivity contribution >= 4 is 0 Å². The molecule has 0 bridgehead atoms. The fraction of sp³-hybridized carbons (Fsp3) is 0.571. The van der Waals surface area contributed by atoms with E-state index in [0.29, 0.717) is 12.1 Å².